The molecule has 0 radical (unpaired) electrons. The Hall–Kier alpha value is -3.09. The van der Waals surface area contributed by atoms with E-state index in [1.807, 2.05) is 0 Å². The summed E-state index contributed by atoms with van der Waals surface area (Å²) in [4.78, 5) is 26.3. The maximum atomic E-state index is 13.1. The second-order valence-corrected chi connectivity index (χ2v) is 6.36. The van der Waals surface area contributed by atoms with E-state index < -0.39 is 0 Å². The van der Waals surface area contributed by atoms with Gasteiger partial charge in [0.15, 0.2) is 0 Å². The summed E-state index contributed by atoms with van der Waals surface area (Å²) < 4.78 is 23.4. The third kappa shape index (κ3) is 4.36. The van der Waals surface area contributed by atoms with Crippen molar-refractivity contribution in [2.75, 3.05) is 32.2 Å². The average Bonchev–Trinajstić information content (AvgIpc) is 3.06. The number of amides is 2. The minimum Gasteiger partial charge on any atom is -0.497 e. The zero-order valence-corrected chi connectivity index (χ0v) is 15.2. The molecule has 0 aliphatic carbocycles. The summed E-state index contributed by atoms with van der Waals surface area (Å²) in [5.41, 5.74) is 1.08. The molecule has 1 atom stereocenters. The van der Waals surface area contributed by atoms with Crippen molar-refractivity contribution < 1.29 is 23.5 Å². The molecule has 2 aromatic rings. The van der Waals surface area contributed by atoms with Crippen molar-refractivity contribution in [1.29, 1.82) is 0 Å². The molecule has 142 valence electrons. The van der Waals surface area contributed by atoms with E-state index in [1.165, 1.54) is 26.4 Å². The summed E-state index contributed by atoms with van der Waals surface area (Å²) in [5, 5.41) is 2.86. The zero-order chi connectivity index (χ0) is 19.4. The van der Waals surface area contributed by atoms with Gasteiger partial charge in [-0.2, -0.15) is 0 Å². The van der Waals surface area contributed by atoms with Crippen LogP contribution in [-0.4, -0.2) is 39.1 Å². The summed E-state index contributed by atoms with van der Waals surface area (Å²) in [7, 11) is 3.04. The van der Waals surface area contributed by atoms with Crippen molar-refractivity contribution in [3.63, 3.8) is 0 Å². The first-order valence-corrected chi connectivity index (χ1v) is 8.57. The van der Waals surface area contributed by atoms with Gasteiger partial charge in [-0.05, 0) is 36.4 Å². The third-order valence-electron chi connectivity index (χ3n) is 4.51. The topological polar surface area (TPSA) is 67.9 Å². The number of hydrogen-bond donors (Lipinski definition) is 1. The summed E-state index contributed by atoms with van der Waals surface area (Å²) in [6.45, 7) is 0.841. The number of carbonyl (C=O) groups is 2. The number of rotatable bonds is 6. The fourth-order valence-corrected chi connectivity index (χ4v) is 3.07. The van der Waals surface area contributed by atoms with Gasteiger partial charge in [0.2, 0.25) is 5.91 Å². The van der Waals surface area contributed by atoms with E-state index in [1.54, 1.807) is 35.2 Å². The van der Waals surface area contributed by atoms with Crippen LogP contribution in [0.1, 0.15) is 16.8 Å². The monoisotopic (exact) mass is 372 g/mol. The van der Waals surface area contributed by atoms with Gasteiger partial charge < -0.3 is 19.7 Å². The number of halogens is 1. The molecule has 1 fully saturated rings. The van der Waals surface area contributed by atoms with Crippen LogP contribution >= 0.6 is 0 Å². The Morgan fingerprint density at radius 1 is 1.15 bits per heavy atom. The number of carbonyl (C=O) groups excluding carboxylic acids is 2. The Labute approximate surface area is 156 Å². The lowest BCUT2D eigenvalue weighted by Crippen LogP contribution is -2.31. The SMILES string of the molecule is COc1cc(OC)cc(C(=O)NCC2CC(=O)N(c3ccc(F)cc3)C2)c1. The number of methoxy groups -OCH3 is 2. The average molecular weight is 372 g/mol. The molecule has 1 heterocycles. The van der Waals surface area contributed by atoms with Gasteiger partial charge in [0, 0.05) is 42.7 Å². The molecule has 27 heavy (non-hydrogen) atoms. The number of ether oxygens (including phenoxy) is 2. The first-order chi connectivity index (χ1) is 13.0. The number of anilines is 1. The first-order valence-electron chi connectivity index (χ1n) is 8.57. The standard InChI is InChI=1S/C20H21FN2O4/c1-26-17-8-14(9-18(10-17)27-2)20(25)22-11-13-7-19(24)23(12-13)16-5-3-15(21)4-6-16/h3-6,8-10,13H,7,11-12H2,1-2H3,(H,22,25). The number of hydrogen-bond acceptors (Lipinski definition) is 4. The van der Waals surface area contributed by atoms with E-state index in [4.69, 9.17) is 9.47 Å². The lowest BCUT2D eigenvalue weighted by molar-refractivity contribution is -0.117. The Bertz CT molecular complexity index is 816. The molecular formula is C20H21FN2O4. The van der Waals surface area contributed by atoms with E-state index in [-0.39, 0.29) is 23.5 Å². The van der Waals surface area contributed by atoms with E-state index in [0.29, 0.717) is 42.3 Å². The molecule has 1 aliphatic heterocycles. The summed E-state index contributed by atoms with van der Waals surface area (Å²) in [6, 6.07) is 10.8. The lowest BCUT2D eigenvalue weighted by Gasteiger charge is -2.17. The summed E-state index contributed by atoms with van der Waals surface area (Å²) >= 11 is 0. The van der Waals surface area contributed by atoms with Gasteiger partial charge in [-0.25, -0.2) is 4.39 Å². The summed E-state index contributed by atoms with van der Waals surface area (Å²) in [5.74, 6) is 0.391. The first kappa shape index (κ1) is 18.7. The number of nitrogens with one attached hydrogen (secondary N) is 1. The second kappa shape index (κ2) is 8.07. The fraction of sp³-hybridized carbons (Fsp3) is 0.300. The maximum Gasteiger partial charge on any atom is 0.251 e. The highest BCUT2D eigenvalue weighted by Gasteiger charge is 2.30. The molecule has 7 heteroatoms. The molecule has 1 aliphatic rings. The van der Waals surface area contributed by atoms with Crippen molar-refractivity contribution in [3.05, 3.63) is 53.8 Å². The molecular weight excluding hydrogens is 351 g/mol. The van der Waals surface area contributed by atoms with Gasteiger partial charge in [0.05, 0.1) is 14.2 Å². The molecule has 2 aromatic carbocycles. The maximum absolute atomic E-state index is 13.1. The largest absolute Gasteiger partial charge is 0.497 e. The van der Waals surface area contributed by atoms with Crippen molar-refractivity contribution >= 4 is 17.5 Å². The van der Waals surface area contributed by atoms with Crippen LogP contribution < -0.4 is 19.7 Å². The Balaban J connectivity index is 1.61. The van der Waals surface area contributed by atoms with Gasteiger partial charge in [0.1, 0.15) is 17.3 Å². The molecule has 3 rings (SSSR count). The van der Waals surface area contributed by atoms with Gasteiger partial charge in [0.25, 0.3) is 5.91 Å². The van der Waals surface area contributed by atoms with Crippen molar-refractivity contribution in [1.82, 2.24) is 5.32 Å². The number of nitrogens with zero attached hydrogens (tertiary/aromatic N) is 1. The second-order valence-electron chi connectivity index (χ2n) is 6.36. The third-order valence-corrected chi connectivity index (χ3v) is 4.51. The molecule has 1 N–H and O–H groups in total. The quantitative estimate of drug-likeness (QED) is 0.847. The molecule has 6 nitrogen and oxygen atoms in total. The van der Waals surface area contributed by atoms with Gasteiger partial charge in [-0.3, -0.25) is 9.59 Å². The molecule has 0 aromatic heterocycles. The van der Waals surface area contributed by atoms with E-state index >= 15 is 0 Å². The highest BCUT2D eigenvalue weighted by atomic mass is 19.1. The molecule has 0 bridgehead atoms. The van der Waals surface area contributed by atoms with E-state index in [2.05, 4.69) is 5.32 Å². The smallest absolute Gasteiger partial charge is 0.251 e. The van der Waals surface area contributed by atoms with Crippen LogP contribution in [0.5, 0.6) is 11.5 Å². The minimum absolute atomic E-state index is 0.0148. The zero-order valence-electron chi connectivity index (χ0n) is 15.2. The predicted molar refractivity (Wildman–Crippen MR) is 98.7 cm³/mol. The molecule has 0 spiro atoms. The van der Waals surface area contributed by atoms with Gasteiger partial charge >= 0.3 is 0 Å². The predicted octanol–water partition coefficient (Wildman–Crippen LogP) is 2.63. The Kier molecular flexibility index (Phi) is 5.59. The van der Waals surface area contributed by atoms with Gasteiger partial charge in [-0.15, -0.1) is 0 Å². The molecule has 2 amide bonds. The molecule has 1 saturated heterocycles. The highest BCUT2D eigenvalue weighted by molar-refractivity contribution is 5.96. The fourth-order valence-electron chi connectivity index (χ4n) is 3.07. The Morgan fingerprint density at radius 3 is 2.37 bits per heavy atom. The van der Waals surface area contributed by atoms with E-state index in [0.717, 1.165) is 0 Å². The number of benzene rings is 2. The van der Waals surface area contributed by atoms with Crippen LogP contribution in [0.15, 0.2) is 42.5 Å². The summed E-state index contributed by atoms with van der Waals surface area (Å²) in [6.07, 6.45) is 0.332. The van der Waals surface area contributed by atoms with Crippen LogP contribution in [0, 0.1) is 11.7 Å². The lowest BCUT2D eigenvalue weighted by atomic mass is 10.1. The van der Waals surface area contributed by atoms with Crippen molar-refractivity contribution in [3.8, 4) is 11.5 Å². The van der Waals surface area contributed by atoms with Crippen molar-refractivity contribution in [2.24, 2.45) is 5.92 Å². The van der Waals surface area contributed by atoms with Crippen LogP contribution in [0.4, 0.5) is 10.1 Å². The normalized spacial score (nSPS) is 16.3. The Morgan fingerprint density at radius 2 is 1.78 bits per heavy atom. The minimum atomic E-state index is -0.345. The van der Waals surface area contributed by atoms with Crippen molar-refractivity contribution in [2.45, 2.75) is 6.42 Å². The highest BCUT2D eigenvalue weighted by Crippen LogP contribution is 2.25. The van der Waals surface area contributed by atoms with E-state index in [9.17, 15) is 14.0 Å². The van der Waals surface area contributed by atoms with Crippen LogP contribution in [0.3, 0.4) is 0 Å². The molecule has 0 saturated carbocycles. The van der Waals surface area contributed by atoms with Crippen LogP contribution in [0.25, 0.3) is 0 Å². The van der Waals surface area contributed by atoms with Crippen LogP contribution in [-0.2, 0) is 4.79 Å². The van der Waals surface area contributed by atoms with Crippen LogP contribution in [0.2, 0.25) is 0 Å². The van der Waals surface area contributed by atoms with Gasteiger partial charge in [-0.1, -0.05) is 0 Å². The molecule has 1 unspecified atom stereocenters.